The lowest BCUT2D eigenvalue weighted by Gasteiger charge is -2.40. The van der Waals surface area contributed by atoms with Crippen LogP contribution >= 0.6 is 0 Å². The minimum Gasteiger partial charge on any atom is -0.298 e. The third-order valence-electron chi connectivity index (χ3n) is 3.38. The molecule has 0 N–H and O–H groups in total. The van der Waals surface area contributed by atoms with Crippen molar-refractivity contribution in [2.45, 2.75) is 38.8 Å². The number of pyridine rings is 1. The Hall–Kier alpha value is -1.22. The smallest absolute Gasteiger partial charge is 0.152 e. The summed E-state index contributed by atoms with van der Waals surface area (Å²) in [7, 11) is 0. The van der Waals surface area contributed by atoms with Crippen LogP contribution in [0.4, 0.5) is 0 Å². The van der Waals surface area contributed by atoms with Gasteiger partial charge in [0.15, 0.2) is 5.78 Å². The third-order valence-corrected chi connectivity index (χ3v) is 3.38. The van der Waals surface area contributed by atoms with Gasteiger partial charge in [-0.05, 0) is 38.9 Å². The van der Waals surface area contributed by atoms with E-state index in [4.69, 9.17) is 0 Å². The van der Waals surface area contributed by atoms with Crippen molar-refractivity contribution < 1.29 is 4.79 Å². The molecule has 2 heterocycles. The largest absolute Gasteiger partial charge is 0.298 e. The molecule has 2 rings (SSSR count). The Morgan fingerprint density at radius 3 is 2.94 bits per heavy atom. The van der Waals surface area contributed by atoms with E-state index in [-0.39, 0.29) is 5.54 Å². The summed E-state index contributed by atoms with van der Waals surface area (Å²) < 4.78 is 0. The third kappa shape index (κ3) is 2.14. The summed E-state index contributed by atoms with van der Waals surface area (Å²) in [5.41, 5.74) is 0.695. The average molecular weight is 218 g/mol. The highest BCUT2D eigenvalue weighted by atomic mass is 16.1. The molecule has 1 saturated heterocycles. The van der Waals surface area contributed by atoms with Gasteiger partial charge in [0.1, 0.15) is 0 Å². The van der Waals surface area contributed by atoms with Gasteiger partial charge in [0.2, 0.25) is 0 Å². The molecule has 0 radical (unpaired) electrons. The number of hydrogen-bond donors (Lipinski definition) is 0. The van der Waals surface area contributed by atoms with E-state index in [1.54, 1.807) is 6.20 Å². The molecular formula is C13H18N2O. The number of hydrogen-bond acceptors (Lipinski definition) is 3. The Labute approximate surface area is 96.5 Å². The summed E-state index contributed by atoms with van der Waals surface area (Å²) in [6.45, 7) is 5.77. The lowest BCUT2D eigenvalue weighted by atomic mass is 9.89. The molecule has 3 nitrogen and oxygen atoms in total. The fourth-order valence-corrected chi connectivity index (χ4v) is 2.16. The topological polar surface area (TPSA) is 33.2 Å². The predicted molar refractivity (Wildman–Crippen MR) is 63.0 cm³/mol. The Morgan fingerprint density at radius 2 is 2.25 bits per heavy atom. The molecule has 0 bridgehead atoms. The Bertz CT molecular complexity index is 373. The zero-order valence-corrected chi connectivity index (χ0v) is 9.94. The zero-order valence-electron chi connectivity index (χ0n) is 9.94. The molecule has 86 valence electrons. The van der Waals surface area contributed by atoms with E-state index in [1.807, 2.05) is 32.0 Å². The quantitative estimate of drug-likeness (QED) is 0.761. The molecule has 3 heteroatoms. The van der Waals surface area contributed by atoms with E-state index in [9.17, 15) is 4.79 Å². The van der Waals surface area contributed by atoms with Crippen LogP contribution < -0.4 is 0 Å². The van der Waals surface area contributed by atoms with Crippen LogP contribution in [0, 0.1) is 0 Å². The van der Waals surface area contributed by atoms with Gasteiger partial charge in [0, 0.05) is 19.2 Å². The van der Waals surface area contributed by atoms with Crippen LogP contribution in [0.3, 0.4) is 0 Å². The highest BCUT2D eigenvalue weighted by Crippen LogP contribution is 2.25. The molecule has 1 fully saturated rings. The number of carbonyl (C=O) groups is 1. The lowest BCUT2D eigenvalue weighted by Crippen LogP contribution is -2.53. The maximum absolute atomic E-state index is 11.9. The van der Waals surface area contributed by atoms with Crippen molar-refractivity contribution in [3.8, 4) is 0 Å². The molecule has 1 aliphatic heterocycles. The van der Waals surface area contributed by atoms with Crippen molar-refractivity contribution in [1.29, 1.82) is 0 Å². The number of piperidine rings is 1. The van der Waals surface area contributed by atoms with E-state index < -0.39 is 0 Å². The van der Waals surface area contributed by atoms with Crippen molar-refractivity contribution >= 4 is 5.78 Å². The van der Waals surface area contributed by atoms with E-state index in [0.29, 0.717) is 12.2 Å². The minimum absolute atomic E-state index is 0.338. The van der Waals surface area contributed by atoms with Gasteiger partial charge in [-0.3, -0.25) is 14.7 Å². The normalized spacial score (nSPS) is 21.0. The van der Waals surface area contributed by atoms with Crippen LogP contribution in [0.1, 0.15) is 32.4 Å². The zero-order chi connectivity index (χ0) is 11.6. The van der Waals surface area contributed by atoms with Gasteiger partial charge < -0.3 is 0 Å². The second kappa shape index (κ2) is 4.34. The first-order valence-corrected chi connectivity index (χ1v) is 5.79. The van der Waals surface area contributed by atoms with Crippen LogP contribution in [0.15, 0.2) is 24.4 Å². The predicted octanol–water partition coefficient (Wildman–Crippen LogP) is 2.03. The first-order valence-electron chi connectivity index (χ1n) is 5.79. The molecule has 1 aromatic heterocycles. The molecule has 0 aromatic carbocycles. The average Bonchev–Trinajstić information content (AvgIpc) is 2.27. The molecule has 0 atom stereocenters. The van der Waals surface area contributed by atoms with Crippen molar-refractivity contribution in [1.82, 2.24) is 9.88 Å². The van der Waals surface area contributed by atoms with Crippen LogP contribution in [-0.2, 0) is 11.3 Å². The number of likely N-dealkylation sites (tertiary alicyclic amines) is 1. The molecular weight excluding hydrogens is 200 g/mol. The second-order valence-electron chi connectivity index (χ2n) is 4.83. The Balaban J connectivity index is 2.12. The number of aromatic nitrogens is 1. The lowest BCUT2D eigenvalue weighted by molar-refractivity contribution is -0.133. The first kappa shape index (κ1) is 11.3. The Morgan fingerprint density at radius 1 is 1.44 bits per heavy atom. The SMILES string of the molecule is CC1(C)C(=O)CCCN1Cc1ccccn1. The maximum Gasteiger partial charge on any atom is 0.152 e. The van der Waals surface area contributed by atoms with Gasteiger partial charge in [-0.2, -0.15) is 0 Å². The highest BCUT2D eigenvalue weighted by Gasteiger charge is 2.36. The minimum atomic E-state index is -0.338. The van der Waals surface area contributed by atoms with E-state index in [0.717, 1.165) is 25.2 Å². The maximum atomic E-state index is 11.9. The first-order chi connectivity index (χ1) is 7.60. The van der Waals surface area contributed by atoms with Gasteiger partial charge >= 0.3 is 0 Å². The number of carbonyl (C=O) groups excluding carboxylic acids is 1. The number of Topliss-reactive ketones (excluding diaryl/α,β-unsaturated/α-hetero) is 1. The van der Waals surface area contributed by atoms with Gasteiger partial charge in [-0.15, -0.1) is 0 Å². The number of nitrogens with zero attached hydrogens (tertiary/aromatic N) is 2. The summed E-state index contributed by atoms with van der Waals surface area (Å²) >= 11 is 0. The number of rotatable bonds is 2. The molecule has 0 saturated carbocycles. The molecule has 0 unspecified atom stereocenters. The van der Waals surface area contributed by atoms with E-state index >= 15 is 0 Å². The van der Waals surface area contributed by atoms with Gasteiger partial charge in [0.25, 0.3) is 0 Å². The van der Waals surface area contributed by atoms with Gasteiger partial charge in [-0.1, -0.05) is 6.07 Å². The van der Waals surface area contributed by atoms with Gasteiger partial charge in [0.05, 0.1) is 11.2 Å². The van der Waals surface area contributed by atoms with Crippen molar-refractivity contribution in [2.75, 3.05) is 6.54 Å². The van der Waals surface area contributed by atoms with E-state index in [1.165, 1.54) is 0 Å². The molecule has 16 heavy (non-hydrogen) atoms. The van der Waals surface area contributed by atoms with Crippen molar-refractivity contribution in [3.05, 3.63) is 30.1 Å². The number of ketones is 1. The van der Waals surface area contributed by atoms with Crippen LogP contribution in [0.5, 0.6) is 0 Å². The Kier molecular flexibility index (Phi) is 3.06. The van der Waals surface area contributed by atoms with Crippen molar-refractivity contribution in [2.24, 2.45) is 0 Å². The molecule has 1 aliphatic rings. The fourth-order valence-electron chi connectivity index (χ4n) is 2.16. The van der Waals surface area contributed by atoms with Gasteiger partial charge in [-0.25, -0.2) is 0 Å². The summed E-state index contributed by atoms with van der Waals surface area (Å²) in [5.74, 6) is 0.342. The monoisotopic (exact) mass is 218 g/mol. The van der Waals surface area contributed by atoms with Crippen molar-refractivity contribution in [3.63, 3.8) is 0 Å². The molecule has 0 amide bonds. The van der Waals surface area contributed by atoms with Crippen LogP contribution in [0.25, 0.3) is 0 Å². The second-order valence-corrected chi connectivity index (χ2v) is 4.83. The fraction of sp³-hybridized carbons (Fsp3) is 0.538. The molecule has 1 aromatic rings. The standard InChI is InChI=1S/C13H18N2O/c1-13(2)12(16)7-5-9-15(13)10-11-6-3-4-8-14-11/h3-4,6,8H,5,7,9-10H2,1-2H3. The highest BCUT2D eigenvalue weighted by molar-refractivity contribution is 5.88. The summed E-state index contributed by atoms with van der Waals surface area (Å²) in [6.07, 6.45) is 3.48. The van der Waals surface area contributed by atoms with Crippen LogP contribution in [-0.4, -0.2) is 27.8 Å². The molecule has 0 spiro atoms. The summed E-state index contributed by atoms with van der Waals surface area (Å²) in [5, 5.41) is 0. The summed E-state index contributed by atoms with van der Waals surface area (Å²) in [4.78, 5) is 18.4. The molecule has 0 aliphatic carbocycles. The summed E-state index contributed by atoms with van der Waals surface area (Å²) in [6, 6.07) is 5.91. The van der Waals surface area contributed by atoms with Crippen LogP contribution in [0.2, 0.25) is 0 Å². The van der Waals surface area contributed by atoms with E-state index in [2.05, 4.69) is 9.88 Å².